The van der Waals surface area contributed by atoms with Gasteiger partial charge in [0.1, 0.15) is 0 Å². The number of thiazole rings is 1. The smallest absolute Gasteiger partial charge is 0.276 e. The Balaban J connectivity index is 1.90. The molecule has 2 heterocycles. The Morgan fingerprint density at radius 1 is 1.00 bits per heavy atom. The fraction of sp³-hybridized carbons (Fsp3) is 0.190. The topological polar surface area (TPSA) is 75.0 Å². The Hall–Kier alpha value is -3.39. The van der Waals surface area contributed by atoms with Crippen LogP contribution in [0, 0.1) is 6.92 Å². The van der Waals surface area contributed by atoms with Gasteiger partial charge in [-0.05, 0) is 36.3 Å². The first-order chi connectivity index (χ1) is 14.1. The van der Waals surface area contributed by atoms with E-state index in [9.17, 15) is 4.79 Å². The lowest BCUT2D eigenvalue weighted by molar-refractivity contribution is 0.324. The van der Waals surface area contributed by atoms with Gasteiger partial charge in [0.2, 0.25) is 10.7 Å². The monoisotopic (exact) mass is 409 g/mol. The van der Waals surface area contributed by atoms with Gasteiger partial charge in [0.25, 0.3) is 5.56 Å². The molecular formula is C21H19N3O4S. The molecule has 0 aliphatic carbocycles. The van der Waals surface area contributed by atoms with E-state index in [1.807, 2.05) is 31.2 Å². The van der Waals surface area contributed by atoms with Crippen LogP contribution in [-0.4, -0.2) is 35.9 Å². The molecule has 0 atom stereocenters. The van der Waals surface area contributed by atoms with Gasteiger partial charge in [0.15, 0.2) is 17.3 Å². The first kappa shape index (κ1) is 18.9. The second kappa shape index (κ2) is 7.56. The van der Waals surface area contributed by atoms with E-state index >= 15 is 0 Å². The van der Waals surface area contributed by atoms with Crippen molar-refractivity contribution in [1.29, 1.82) is 0 Å². The van der Waals surface area contributed by atoms with Crippen LogP contribution >= 0.6 is 11.3 Å². The van der Waals surface area contributed by atoms with Crippen LogP contribution in [0.4, 0.5) is 0 Å². The van der Waals surface area contributed by atoms with E-state index in [2.05, 4.69) is 10.2 Å². The van der Waals surface area contributed by atoms with E-state index in [1.165, 1.54) is 11.3 Å². The van der Waals surface area contributed by atoms with Crippen molar-refractivity contribution < 1.29 is 14.2 Å². The lowest BCUT2D eigenvalue weighted by Crippen LogP contribution is -2.23. The Labute approximate surface area is 170 Å². The fourth-order valence-corrected chi connectivity index (χ4v) is 4.11. The second-order valence-corrected chi connectivity index (χ2v) is 7.34. The summed E-state index contributed by atoms with van der Waals surface area (Å²) in [6.45, 7) is 1.98. The summed E-state index contributed by atoms with van der Waals surface area (Å²) in [6.07, 6.45) is 1.79. The maximum absolute atomic E-state index is 13.1. The van der Waals surface area contributed by atoms with Crippen molar-refractivity contribution in [3.05, 3.63) is 62.4 Å². The van der Waals surface area contributed by atoms with Gasteiger partial charge in [-0.25, -0.2) is 4.40 Å². The van der Waals surface area contributed by atoms with Gasteiger partial charge in [-0.1, -0.05) is 35.6 Å². The van der Waals surface area contributed by atoms with E-state index in [0.29, 0.717) is 32.6 Å². The van der Waals surface area contributed by atoms with E-state index in [0.717, 1.165) is 16.7 Å². The minimum Gasteiger partial charge on any atom is -0.493 e. The highest BCUT2D eigenvalue weighted by molar-refractivity contribution is 7.15. The third-order valence-electron chi connectivity index (χ3n) is 4.62. The highest BCUT2D eigenvalue weighted by Gasteiger charge is 2.16. The van der Waals surface area contributed by atoms with Crippen LogP contribution in [0.5, 0.6) is 17.2 Å². The first-order valence-corrected chi connectivity index (χ1v) is 9.64. The number of methoxy groups -OCH3 is 3. The molecule has 0 aliphatic rings. The van der Waals surface area contributed by atoms with E-state index in [4.69, 9.17) is 14.2 Å². The van der Waals surface area contributed by atoms with Crippen LogP contribution in [0.15, 0.2) is 41.2 Å². The third kappa shape index (κ3) is 3.21. The summed E-state index contributed by atoms with van der Waals surface area (Å²) < 4.78 is 18.2. The van der Waals surface area contributed by atoms with Crippen molar-refractivity contribution in [2.45, 2.75) is 6.92 Å². The number of nitrogens with zero attached hydrogens (tertiary/aromatic N) is 3. The minimum absolute atomic E-state index is 0.165. The maximum Gasteiger partial charge on any atom is 0.276 e. The van der Waals surface area contributed by atoms with Gasteiger partial charge in [-0.2, -0.15) is 0 Å². The SMILES string of the molecule is COc1cc(/C=c2\sc3nnc(-c4ccccc4C)n3c2=O)cc(OC)c1OC. The molecule has 0 fully saturated rings. The number of aromatic nitrogens is 3. The lowest BCUT2D eigenvalue weighted by Gasteiger charge is -2.12. The van der Waals surface area contributed by atoms with Crippen LogP contribution < -0.4 is 24.3 Å². The van der Waals surface area contributed by atoms with Gasteiger partial charge in [-0.3, -0.25) is 4.79 Å². The summed E-state index contributed by atoms with van der Waals surface area (Å²) in [5.41, 5.74) is 2.50. The molecule has 0 N–H and O–H groups in total. The summed E-state index contributed by atoms with van der Waals surface area (Å²) in [7, 11) is 4.66. The van der Waals surface area contributed by atoms with Gasteiger partial charge in [-0.15, -0.1) is 10.2 Å². The van der Waals surface area contributed by atoms with Crippen molar-refractivity contribution in [2.75, 3.05) is 21.3 Å². The van der Waals surface area contributed by atoms with Crippen molar-refractivity contribution in [1.82, 2.24) is 14.6 Å². The zero-order valence-corrected chi connectivity index (χ0v) is 17.2. The van der Waals surface area contributed by atoms with Gasteiger partial charge in [0, 0.05) is 5.56 Å². The molecule has 0 radical (unpaired) electrons. The molecule has 0 saturated heterocycles. The first-order valence-electron chi connectivity index (χ1n) is 8.83. The molecule has 29 heavy (non-hydrogen) atoms. The minimum atomic E-state index is -0.165. The fourth-order valence-electron chi connectivity index (χ4n) is 3.20. The molecule has 2 aromatic carbocycles. The van der Waals surface area contributed by atoms with Gasteiger partial charge >= 0.3 is 0 Å². The molecule has 0 bridgehead atoms. The summed E-state index contributed by atoms with van der Waals surface area (Å²) in [5, 5.41) is 8.42. The molecule has 4 aromatic rings. The third-order valence-corrected chi connectivity index (χ3v) is 5.58. The maximum atomic E-state index is 13.1. The van der Waals surface area contributed by atoms with E-state index in [-0.39, 0.29) is 5.56 Å². The summed E-state index contributed by atoms with van der Waals surface area (Å²) in [4.78, 5) is 13.7. The predicted octanol–water partition coefficient (Wildman–Crippen LogP) is 2.70. The van der Waals surface area contributed by atoms with Crippen molar-refractivity contribution >= 4 is 22.4 Å². The number of hydrogen-bond acceptors (Lipinski definition) is 7. The highest BCUT2D eigenvalue weighted by atomic mass is 32.1. The molecule has 0 spiro atoms. The van der Waals surface area contributed by atoms with Crippen LogP contribution in [0.3, 0.4) is 0 Å². The van der Waals surface area contributed by atoms with E-state index in [1.54, 1.807) is 43.9 Å². The molecule has 8 heteroatoms. The molecule has 148 valence electrons. The number of fused-ring (bicyclic) bond motifs is 1. The average Bonchev–Trinajstić information content (AvgIpc) is 3.28. The number of rotatable bonds is 5. The predicted molar refractivity (Wildman–Crippen MR) is 112 cm³/mol. The normalized spacial score (nSPS) is 11.8. The van der Waals surface area contributed by atoms with Crippen molar-refractivity contribution in [3.63, 3.8) is 0 Å². The number of benzene rings is 2. The molecule has 0 unspecified atom stereocenters. The molecular weight excluding hydrogens is 390 g/mol. The average molecular weight is 409 g/mol. The largest absolute Gasteiger partial charge is 0.493 e. The Morgan fingerprint density at radius 2 is 1.69 bits per heavy atom. The molecule has 0 saturated carbocycles. The molecule has 4 rings (SSSR count). The molecule has 7 nitrogen and oxygen atoms in total. The molecule has 2 aromatic heterocycles. The zero-order valence-electron chi connectivity index (χ0n) is 16.4. The number of aryl methyl sites for hydroxylation is 1. The standard InChI is InChI=1S/C21H19N3O4S/c1-12-7-5-6-8-14(12)19-22-23-21-24(19)20(25)17(29-21)11-13-9-15(26-2)18(28-4)16(10-13)27-3/h5-11H,1-4H3/b17-11-. The lowest BCUT2D eigenvalue weighted by atomic mass is 10.1. The number of hydrogen-bond donors (Lipinski definition) is 0. The second-order valence-electron chi connectivity index (χ2n) is 6.33. The van der Waals surface area contributed by atoms with Crippen LogP contribution in [0.1, 0.15) is 11.1 Å². The van der Waals surface area contributed by atoms with Crippen LogP contribution in [0.25, 0.3) is 22.4 Å². The van der Waals surface area contributed by atoms with E-state index < -0.39 is 0 Å². The Kier molecular flexibility index (Phi) is 4.94. The molecule has 0 amide bonds. The Bertz CT molecular complexity index is 1280. The van der Waals surface area contributed by atoms with Crippen molar-refractivity contribution in [2.24, 2.45) is 0 Å². The van der Waals surface area contributed by atoms with Gasteiger partial charge in [0.05, 0.1) is 25.9 Å². The van der Waals surface area contributed by atoms with Gasteiger partial charge < -0.3 is 14.2 Å². The summed E-state index contributed by atoms with van der Waals surface area (Å²) in [6, 6.07) is 11.4. The Morgan fingerprint density at radius 3 is 2.31 bits per heavy atom. The highest BCUT2D eigenvalue weighted by Crippen LogP contribution is 2.38. The summed E-state index contributed by atoms with van der Waals surface area (Å²) in [5.74, 6) is 2.09. The zero-order chi connectivity index (χ0) is 20.5. The van der Waals surface area contributed by atoms with Crippen LogP contribution in [-0.2, 0) is 0 Å². The molecule has 0 aliphatic heterocycles. The van der Waals surface area contributed by atoms with Crippen molar-refractivity contribution in [3.8, 4) is 28.6 Å². The summed E-state index contributed by atoms with van der Waals surface area (Å²) >= 11 is 1.29. The van der Waals surface area contributed by atoms with Crippen LogP contribution in [0.2, 0.25) is 0 Å². The number of ether oxygens (including phenoxy) is 3. The quantitative estimate of drug-likeness (QED) is 0.505.